The van der Waals surface area contributed by atoms with Crippen molar-refractivity contribution in [2.75, 3.05) is 20.2 Å². The van der Waals surface area contributed by atoms with Crippen LogP contribution in [0.3, 0.4) is 0 Å². The van der Waals surface area contributed by atoms with E-state index < -0.39 is 0 Å². The number of unbranched alkanes of at least 4 members (excludes halogenated alkanes) is 3. The zero-order valence-electron chi connectivity index (χ0n) is 14.7. The summed E-state index contributed by atoms with van der Waals surface area (Å²) in [7, 11) is 3.60. The maximum Gasteiger partial charge on any atom is 0.305 e. The number of nitrogens with one attached hydrogen (secondary N) is 2. The zero-order chi connectivity index (χ0) is 16.9. The average Bonchev–Trinajstić information content (AvgIpc) is 2.95. The van der Waals surface area contributed by atoms with Gasteiger partial charge in [-0.05, 0) is 19.8 Å². The van der Waals surface area contributed by atoms with Gasteiger partial charge in [-0.25, -0.2) is 4.98 Å². The van der Waals surface area contributed by atoms with Gasteiger partial charge in [-0.2, -0.15) is 5.10 Å². The third kappa shape index (κ3) is 9.68. The molecule has 0 aliphatic carbocycles. The Morgan fingerprint density at radius 3 is 2.67 bits per heavy atom. The van der Waals surface area contributed by atoms with Gasteiger partial charge in [0.1, 0.15) is 12.2 Å². The van der Waals surface area contributed by atoms with Gasteiger partial charge in [-0.1, -0.05) is 12.8 Å². The van der Waals surface area contributed by atoms with E-state index in [0.717, 1.165) is 44.0 Å². The molecule has 0 aromatic carbocycles. The van der Waals surface area contributed by atoms with Gasteiger partial charge < -0.3 is 15.4 Å². The molecule has 1 rings (SSSR count). The van der Waals surface area contributed by atoms with E-state index in [0.29, 0.717) is 19.6 Å². The van der Waals surface area contributed by atoms with Crippen molar-refractivity contribution >= 4 is 35.9 Å². The van der Waals surface area contributed by atoms with E-state index in [9.17, 15) is 4.79 Å². The largest absolute Gasteiger partial charge is 0.466 e. The maximum absolute atomic E-state index is 11.2. The van der Waals surface area contributed by atoms with Crippen molar-refractivity contribution in [3.63, 3.8) is 0 Å². The van der Waals surface area contributed by atoms with E-state index in [2.05, 4.69) is 25.7 Å². The molecule has 1 aromatic heterocycles. The molecule has 0 fully saturated rings. The number of aliphatic imine (C=N–C) groups is 1. The molecule has 24 heavy (non-hydrogen) atoms. The van der Waals surface area contributed by atoms with Crippen molar-refractivity contribution in [1.82, 2.24) is 25.4 Å². The van der Waals surface area contributed by atoms with E-state index in [4.69, 9.17) is 4.74 Å². The zero-order valence-corrected chi connectivity index (χ0v) is 17.1. The van der Waals surface area contributed by atoms with E-state index in [1.165, 1.54) is 6.33 Å². The number of hydrogen-bond donors (Lipinski definition) is 2. The third-order valence-corrected chi connectivity index (χ3v) is 3.35. The Morgan fingerprint density at radius 1 is 1.29 bits per heavy atom. The highest BCUT2D eigenvalue weighted by molar-refractivity contribution is 14.0. The van der Waals surface area contributed by atoms with Crippen LogP contribution in [0, 0.1) is 0 Å². The number of rotatable bonds is 10. The summed E-state index contributed by atoms with van der Waals surface area (Å²) in [4.78, 5) is 19.5. The van der Waals surface area contributed by atoms with Gasteiger partial charge >= 0.3 is 5.97 Å². The second-order valence-electron chi connectivity index (χ2n) is 5.12. The predicted octanol–water partition coefficient (Wildman–Crippen LogP) is 1.61. The lowest BCUT2D eigenvalue weighted by Gasteiger charge is -2.11. The van der Waals surface area contributed by atoms with Crippen molar-refractivity contribution in [3.8, 4) is 0 Å². The normalized spacial score (nSPS) is 10.9. The predicted molar refractivity (Wildman–Crippen MR) is 104 cm³/mol. The molecule has 0 atom stereocenters. The average molecular weight is 452 g/mol. The van der Waals surface area contributed by atoms with Gasteiger partial charge in [0.15, 0.2) is 5.96 Å². The van der Waals surface area contributed by atoms with Crippen LogP contribution in [-0.2, 0) is 23.1 Å². The van der Waals surface area contributed by atoms with Crippen LogP contribution in [0.1, 0.15) is 44.9 Å². The molecule has 0 aliphatic heterocycles. The Balaban J connectivity index is 0.00000529. The van der Waals surface area contributed by atoms with E-state index in [1.807, 2.05) is 14.0 Å². The highest BCUT2D eigenvalue weighted by Crippen LogP contribution is 2.03. The first-order valence-corrected chi connectivity index (χ1v) is 8.10. The molecule has 1 aromatic rings. The highest BCUT2D eigenvalue weighted by atomic mass is 127. The summed E-state index contributed by atoms with van der Waals surface area (Å²) in [5.74, 6) is 1.51. The quantitative estimate of drug-likeness (QED) is 0.184. The molecule has 0 aliphatic rings. The Kier molecular flexibility index (Phi) is 13.2. The fourth-order valence-electron chi connectivity index (χ4n) is 2.05. The number of hydrogen-bond acceptors (Lipinski definition) is 5. The topological polar surface area (TPSA) is 93.4 Å². The molecule has 9 heteroatoms. The highest BCUT2D eigenvalue weighted by Gasteiger charge is 2.03. The summed E-state index contributed by atoms with van der Waals surface area (Å²) in [6.07, 6.45) is 6.08. The Hall–Kier alpha value is -1.39. The summed E-state index contributed by atoms with van der Waals surface area (Å²) in [5, 5.41) is 10.5. The summed E-state index contributed by atoms with van der Waals surface area (Å²) < 4.78 is 6.62. The molecule has 0 saturated heterocycles. The minimum atomic E-state index is -0.0981. The number of aryl methyl sites for hydroxylation is 1. The molecular formula is C15H29IN6O2. The van der Waals surface area contributed by atoms with Crippen LogP contribution in [0.25, 0.3) is 0 Å². The molecular weight excluding hydrogens is 423 g/mol. The first-order chi connectivity index (χ1) is 11.2. The van der Waals surface area contributed by atoms with Crippen LogP contribution in [0.5, 0.6) is 0 Å². The van der Waals surface area contributed by atoms with Gasteiger partial charge in [0, 0.05) is 27.1 Å². The molecule has 0 saturated carbocycles. The van der Waals surface area contributed by atoms with E-state index in [-0.39, 0.29) is 29.9 Å². The number of carbonyl (C=O) groups excluding carboxylic acids is 1. The van der Waals surface area contributed by atoms with Crippen molar-refractivity contribution in [1.29, 1.82) is 0 Å². The molecule has 2 N–H and O–H groups in total. The minimum absolute atomic E-state index is 0. The SMILES string of the molecule is CCOC(=O)CCCCCCNC(=NC)NCc1ncnn1C.I. The van der Waals surface area contributed by atoms with Gasteiger partial charge in [0.05, 0.1) is 13.2 Å². The Bertz CT molecular complexity index is 492. The van der Waals surface area contributed by atoms with Crippen molar-refractivity contribution in [2.24, 2.45) is 12.0 Å². The summed E-state index contributed by atoms with van der Waals surface area (Å²) >= 11 is 0. The molecule has 0 unspecified atom stereocenters. The van der Waals surface area contributed by atoms with Crippen molar-refractivity contribution < 1.29 is 9.53 Å². The smallest absolute Gasteiger partial charge is 0.305 e. The molecule has 0 radical (unpaired) electrons. The van der Waals surface area contributed by atoms with Crippen molar-refractivity contribution in [2.45, 2.75) is 45.6 Å². The molecule has 0 amide bonds. The standard InChI is InChI=1S/C15H28N6O2.HI/c1-4-23-14(22)9-7-5-6-8-10-17-15(16-2)18-11-13-19-12-20-21(13)3;/h12H,4-11H2,1-3H3,(H2,16,17,18);1H. The van der Waals surface area contributed by atoms with Crippen LogP contribution in [-0.4, -0.2) is 46.9 Å². The number of ether oxygens (including phenoxy) is 1. The molecule has 1 heterocycles. The number of nitrogens with zero attached hydrogens (tertiary/aromatic N) is 4. The third-order valence-electron chi connectivity index (χ3n) is 3.35. The van der Waals surface area contributed by atoms with Crippen LogP contribution in [0.15, 0.2) is 11.3 Å². The van der Waals surface area contributed by atoms with Crippen LogP contribution in [0.2, 0.25) is 0 Å². The molecule has 0 bridgehead atoms. The Morgan fingerprint density at radius 2 is 2.04 bits per heavy atom. The number of guanidine groups is 1. The number of aromatic nitrogens is 3. The maximum atomic E-state index is 11.2. The van der Waals surface area contributed by atoms with Crippen LogP contribution in [0.4, 0.5) is 0 Å². The van der Waals surface area contributed by atoms with E-state index >= 15 is 0 Å². The lowest BCUT2D eigenvalue weighted by molar-refractivity contribution is -0.143. The summed E-state index contributed by atoms with van der Waals surface area (Å²) in [5.41, 5.74) is 0. The van der Waals surface area contributed by atoms with Crippen molar-refractivity contribution in [3.05, 3.63) is 12.2 Å². The summed E-state index contributed by atoms with van der Waals surface area (Å²) in [6.45, 7) is 3.71. The van der Waals surface area contributed by atoms with Gasteiger partial charge in [-0.15, -0.1) is 24.0 Å². The second kappa shape index (κ2) is 14.0. The fraction of sp³-hybridized carbons (Fsp3) is 0.733. The Labute approximate surface area is 160 Å². The molecule has 138 valence electrons. The lowest BCUT2D eigenvalue weighted by Crippen LogP contribution is -2.37. The first kappa shape index (κ1) is 22.6. The first-order valence-electron chi connectivity index (χ1n) is 8.10. The second-order valence-corrected chi connectivity index (χ2v) is 5.12. The molecule has 0 spiro atoms. The number of esters is 1. The number of halogens is 1. The van der Waals surface area contributed by atoms with Crippen LogP contribution >= 0.6 is 24.0 Å². The van der Waals surface area contributed by atoms with Gasteiger partial charge in [0.2, 0.25) is 0 Å². The molecule has 8 nitrogen and oxygen atoms in total. The van der Waals surface area contributed by atoms with Crippen LogP contribution < -0.4 is 10.6 Å². The minimum Gasteiger partial charge on any atom is -0.466 e. The fourth-order valence-corrected chi connectivity index (χ4v) is 2.05. The summed E-state index contributed by atoms with van der Waals surface area (Å²) in [6, 6.07) is 0. The van der Waals surface area contributed by atoms with E-state index in [1.54, 1.807) is 11.7 Å². The van der Waals surface area contributed by atoms with Gasteiger partial charge in [-0.3, -0.25) is 14.5 Å². The van der Waals surface area contributed by atoms with Gasteiger partial charge in [0.25, 0.3) is 0 Å². The number of carbonyl (C=O) groups is 1. The monoisotopic (exact) mass is 452 g/mol. The lowest BCUT2D eigenvalue weighted by atomic mass is 10.1.